The molecule has 104 valence electrons. The number of aliphatic carboxylic acids is 1. The third kappa shape index (κ3) is 3.62. The largest absolute Gasteiger partial charge is 0.481 e. The van der Waals surface area contributed by atoms with Gasteiger partial charge in [0.05, 0.1) is 5.41 Å². The summed E-state index contributed by atoms with van der Waals surface area (Å²) in [6, 6.07) is -0.590. The van der Waals surface area contributed by atoms with E-state index < -0.39 is 11.4 Å². The second-order valence-corrected chi connectivity index (χ2v) is 6.37. The van der Waals surface area contributed by atoms with Crippen LogP contribution in [0.4, 0.5) is 4.79 Å². The molecule has 18 heavy (non-hydrogen) atoms. The number of urea groups is 1. The highest BCUT2D eigenvalue weighted by molar-refractivity contribution is 5.79. The summed E-state index contributed by atoms with van der Waals surface area (Å²) < 4.78 is 0. The summed E-state index contributed by atoms with van der Waals surface area (Å²) in [7, 11) is 0. The van der Waals surface area contributed by atoms with E-state index >= 15 is 0 Å². The molecule has 0 aliphatic heterocycles. The number of carboxylic acids is 1. The van der Waals surface area contributed by atoms with Crippen molar-refractivity contribution >= 4 is 12.0 Å². The van der Waals surface area contributed by atoms with Crippen molar-refractivity contribution in [2.45, 2.75) is 65.0 Å². The van der Waals surface area contributed by atoms with E-state index in [0.29, 0.717) is 6.42 Å². The Morgan fingerprint density at radius 2 is 1.89 bits per heavy atom. The molecular formula is C13H24N2O3. The summed E-state index contributed by atoms with van der Waals surface area (Å²) in [5.74, 6) is -0.830. The number of amides is 2. The van der Waals surface area contributed by atoms with Crippen molar-refractivity contribution in [3.63, 3.8) is 0 Å². The van der Waals surface area contributed by atoms with Crippen molar-refractivity contribution in [3.05, 3.63) is 0 Å². The molecule has 2 unspecified atom stereocenters. The average Bonchev–Trinajstić information content (AvgIpc) is 2.18. The Morgan fingerprint density at radius 1 is 1.28 bits per heavy atom. The Bertz CT molecular complexity index is 336. The maximum Gasteiger partial charge on any atom is 0.315 e. The molecule has 0 radical (unpaired) electrons. The molecule has 0 heterocycles. The van der Waals surface area contributed by atoms with Gasteiger partial charge in [0.2, 0.25) is 0 Å². The van der Waals surface area contributed by atoms with Gasteiger partial charge in [0.1, 0.15) is 0 Å². The number of hydrogen-bond donors (Lipinski definition) is 3. The predicted molar refractivity (Wildman–Crippen MR) is 69.4 cm³/mol. The van der Waals surface area contributed by atoms with Crippen LogP contribution in [0, 0.1) is 5.41 Å². The summed E-state index contributed by atoms with van der Waals surface area (Å²) in [6.07, 6.45) is 3.20. The highest BCUT2D eigenvalue weighted by atomic mass is 16.4. The summed E-state index contributed by atoms with van der Waals surface area (Å²) >= 11 is 0. The van der Waals surface area contributed by atoms with E-state index in [4.69, 9.17) is 0 Å². The van der Waals surface area contributed by atoms with Gasteiger partial charge in [0.25, 0.3) is 0 Å². The van der Waals surface area contributed by atoms with E-state index in [2.05, 4.69) is 10.6 Å². The zero-order chi connectivity index (χ0) is 14.0. The van der Waals surface area contributed by atoms with Crippen LogP contribution in [0.25, 0.3) is 0 Å². The van der Waals surface area contributed by atoms with Crippen LogP contribution >= 0.6 is 0 Å². The molecule has 0 aromatic heterocycles. The van der Waals surface area contributed by atoms with Crippen LogP contribution in [-0.4, -0.2) is 28.7 Å². The van der Waals surface area contributed by atoms with E-state index in [1.54, 1.807) is 6.92 Å². The van der Waals surface area contributed by atoms with Crippen molar-refractivity contribution in [2.75, 3.05) is 0 Å². The van der Waals surface area contributed by atoms with Gasteiger partial charge < -0.3 is 15.7 Å². The Hall–Kier alpha value is -1.26. The molecule has 2 amide bonds. The van der Waals surface area contributed by atoms with Crippen LogP contribution in [0.1, 0.15) is 53.4 Å². The first-order valence-electron chi connectivity index (χ1n) is 6.47. The molecule has 0 aromatic rings. The lowest BCUT2D eigenvalue weighted by molar-refractivity contribution is -0.151. The molecule has 1 aliphatic carbocycles. The van der Waals surface area contributed by atoms with Crippen LogP contribution in [0.15, 0.2) is 0 Å². The molecule has 0 spiro atoms. The third-order valence-electron chi connectivity index (χ3n) is 3.49. The number of carbonyl (C=O) groups is 2. The number of rotatable bonds is 2. The van der Waals surface area contributed by atoms with Gasteiger partial charge in [-0.3, -0.25) is 4.79 Å². The summed E-state index contributed by atoms with van der Waals surface area (Å²) in [4.78, 5) is 23.2. The molecule has 5 nitrogen and oxygen atoms in total. The van der Waals surface area contributed by atoms with Gasteiger partial charge in [-0.05, 0) is 40.5 Å². The minimum atomic E-state index is -0.854. The molecule has 1 rings (SSSR count). The highest BCUT2D eigenvalue weighted by Crippen LogP contribution is 2.36. The number of nitrogens with one attached hydrogen (secondary N) is 2. The first kappa shape index (κ1) is 14.8. The van der Waals surface area contributed by atoms with Crippen LogP contribution < -0.4 is 10.6 Å². The van der Waals surface area contributed by atoms with Crippen molar-refractivity contribution in [1.29, 1.82) is 0 Å². The SMILES string of the molecule is CC(C)(C)NC(=O)NC1CCCCC1(C)C(=O)O. The normalized spacial score (nSPS) is 28.6. The number of hydrogen-bond acceptors (Lipinski definition) is 2. The van der Waals surface area contributed by atoms with Gasteiger partial charge in [0.15, 0.2) is 0 Å². The zero-order valence-corrected chi connectivity index (χ0v) is 11.7. The molecule has 0 aromatic carbocycles. The lowest BCUT2D eigenvalue weighted by atomic mass is 9.72. The fourth-order valence-electron chi connectivity index (χ4n) is 2.36. The molecule has 2 atom stereocenters. The summed E-state index contributed by atoms with van der Waals surface area (Å²) in [5.41, 5.74) is -1.17. The second-order valence-electron chi connectivity index (χ2n) is 6.37. The lowest BCUT2D eigenvalue weighted by Gasteiger charge is -2.38. The van der Waals surface area contributed by atoms with Crippen LogP contribution in [0.5, 0.6) is 0 Å². The first-order valence-corrected chi connectivity index (χ1v) is 6.47. The average molecular weight is 256 g/mol. The topological polar surface area (TPSA) is 78.4 Å². The van der Waals surface area contributed by atoms with E-state index in [-0.39, 0.29) is 17.6 Å². The van der Waals surface area contributed by atoms with Crippen LogP contribution in [0.3, 0.4) is 0 Å². The fraction of sp³-hybridized carbons (Fsp3) is 0.846. The van der Waals surface area contributed by atoms with Crippen LogP contribution in [0.2, 0.25) is 0 Å². The van der Waals surface area contributed by atoms with E-state index in [1.165, 1.54) is 0 Å². The van der Waals surface area contributed by atoms with Gasteiger partial charge >= 0.3 is 12.0 Å². The molecule has 1 saturated carbocycles. The van der Waals surface area contributed by atoms with Crippen molar-refractivity contribution in [3.8, 4) is 0 Å². The van der Waals surface area contributed by atoms with Gasteiger partial charge in [-0.15, -0.1) is 0 Å². The standard InChI is InChI=1S/C13H24N2O3/c1-12(2,3)15-11(18)14-9-7-5-6-8-13(9,4)10(16)17/h9H,5-8H2,1-4H3,(H,16,17)(H2,14,15,18). The smallest absolute Gasteiger partial charge is 0.315 e. The Morgan fingerprint density at radius 3 is 2.39 bits per heavy atom. The Labute approximate surface area is 108 Å². The first-order chi connectivity index (χ1) is 8.15. The summed E-state index contributed by atoms with van der Waals surface area (Å²) in [5, 5.41) is 15.0. The van der Waals surface area contributed by atoms with Gasteiger partial charge in [-0.2, -0.15) is 0 Å². The molecule has 0 saturated heterocycles. The van der Waals surface area contributed by atoms with Crippen molar-refractivity contribution in [1.82, 2.24) is 10.6 Å². The van der Waals surface area contributed by atoms with Gasteiger partial charge in [-0.1, -0.05) is 12.8 Å². The van der Waals surface area contributed by atoms with E-state index in [9.17, 15) is 14.7 Å². The monoisotopic (exact) mass is 256 g/mol. The Kier molecular flexibility index (Phi) is 4.24. The number of carbonyl (C=O) groups excluding carboxylic acids is 1. The van der Waals surface area contributed by atoms with Gasteiger partial charge in [-0.25, -0.2) is 4.79 Å². The van der Waals surface area contributed by atoms with Crippen molar-refractivity contribution < 1.29 is 14.7 Å². The molecule has 5 heteroatoms. The van der Waals surface area contributed by atoms with E-state index in [1.807, 2.05) is 20.8 Å². The quantitative estimate of drug-likeness (QED) is 0.708. The Balaban J connectivity index is 2.69. The molecule has 1 aliphatic rings. The fourth-order valence-corrected chi connectivity index (χ4v) is 2.36. The molecule has 1 fully saturated rings. The maximum absolute atomic E-state index is 11.8. The zero-order valence-electron chi connectivity index (χ0n) is 11.7. The third-order valence-corrected chi connectivity index (χ3v) is 3.49. The molecule has 0 bridgehead atoms. The molecular weight excluding hydrogens is 232 g/mol. The predicted octanol–water partition coefficient (Wildman–Crippen LogP) is 2.12. The van der Waals surface area contributed by atoms with Crippen LogP contribution in [-0.2, 0) is 4.79 Å². The second kappa shape index (κ2) is 5.16. The molecule has 3 N–H and O–H groups in total. The minimum absolute atomic E-state index is 0.290. The lowest BCUT2D eigenvalue weighted by Crippen LogP contribution is -2.56. The summed E-state index contributed by atoms with van der Waals surface area (Å²) in [6.45, 7) is 7.40. The minimum Gasteiger partial charge on any atom is -0.481 e. The maximum atomic E-state index is 11.8. The van der Waals surface area contributed by atoms with Gasteiger partial charge in [0, 0.05) is 11.6 Å². The highest BCUT2D eigenvalue weighted by Gasteiger charge is 2.44. The number of carboxylic acid groups (broad SMARTS) is 1. The van der Waals surface area contributed by atoms with E-state index in [0.717, 1.165) is 19.3 Å². The van der Waals surface area contributed by atoms with Crippen molar-refractivity contribution in [2.24, 2.45) is 5.41 Å².